The van der Waals surface area contributed by atoms with Crippen LogP contribution in [-0.2, 0) is 9.59 Å². The predicted octanol–water partition coefficient (Wildman–Crippen LogP) is 1.44. The molecule has 2 atom stereocenters. The molecule has 0 saturated carbocycles. The van der Waals surface area contributed by atoms with Crippen LogP contribution >= 0.6 is 0 Å². The smallest absolute Gasteiger partial charge is 0.234 e. The fourth-order valence-electron chi connectivity index (χ4n) is 2.19. The van der Waals surface area contributed by atoms with Gasteiger partial charge in [-0.2, -0.15) is 0 Å². The molecular weight excluding hydrogens is 280 g/mol. The van der Waals surface area contributed by atoms with Gasteiger partial charge in [-0.05, 0) is 23.7 Å². The first-order chi connectivity index (χ1) is 9.85. The van der Waals surface area contributed by atoms with Crippen molar-refractivity contribution in [2.45, 2.75) is 79.3 Å². The third kappa shape index (κ3) is 9.73. The van der Waals surface area contributed by atoms with Crippen molar-refractivity contribution in [1.82, 2.24) is 10.7 Å². The Balaban J connectivity index is 4.66. The number of carbonyl (C=O) groups is 2. The van der Waals surface area contributed by atoms with Crippen molar-refractivity contribution in [2.75, 3.05) is 0 Å². The molecule has 0 saturated heterocycles. The largest absolute Gasteiger partial charge is 0.353 e. The minimum Gasteiger partial charge on any atom is -0.353 e. The fourth-order valence-corrected chi connectivity index (χ4v) is 2.19. The Labute approximate surface area is 134 Å². The molecule has 0 aliphatic rings. The molecule has 2 amide bonds. The molecule has 2 unspecified atom stereocenters. The topological polar surface area (TPSA) is 110 Å². The zero-order valence-corrected chi connectivity index (χ0v) is 15.0. The van der Waals surface area contributed by atoms with E-state index in [0.29, 0.717) is 0 Å². The zero-order chi connectivity index (χ0) is 17.6. The highest BCUT2D eigenvalue weighted by molar-refractivity contribution is 5.83. The first-order valence-electron chi connectivity index (χ1n) is 7.89. The molecule has 0 rings (SSSR count). The van der Waals surface area contributed by atoms with Crippen molar-refractivity contribution in [1.29, 1.82) is 0 Å². The van der Waals surface area contributed by atoms with Gasteiger partial charge in [-0.3, -0.25) is 15.0 Å². The number of rotatable bonds is 7. The first-order valence-corrected chi connectivity index (χ1v) is 7.89. The lowest BCUT2D eigenvalue weighted by Gasteiger charge is -2.33. The lowest BCUT2D eigenvalue weighted by Crippen LogP contribution is -2.45. The highest BCUT2D eigenvalue weighted by Gasteiger charge is 2.27. The number of hydrogen-bond donors (Lipinski definition) is 4. The maximum atomic E-state index is 12.0. The van der Waals surface area contributed by atoms with Gasteiger partial charge in [-0.1, -0.05) is 41.5 Å². The van der Waals surface area contributed by atoms with Crippen LogP contribution in [0.1, 0.15) is 67.2 Å². The van der Waals surface area contributed by atoms with Crippen molar-refractivity contribution in [3.63, 3.8) is 0 Å². The number of nitrogens with one attached hydrogen (secondary N) is 2. The summed E-state index contributed by atoms with van der Waals surface area (Å²) in [6.45, 7) is 12.7. The van der Waals surface area contributed by atoms with Crippen molar-refractivity contribution in [2.24, 2.45) is 22.4 Å². The molecule has 0 bridgehead atoms. The molecule has 0 aromatic rings. The second-order valence-electron chi connectivity index (χ2n) is 8.30. The summed E-state index contributed by atoms with van der Waals surface area (Å²) in [7, 11) is 0. The van der Waals surface area contributed by atoms with Gasteiger partial charge in [0, 0.05) is 24.9 Å². The van der Waals surface area contributed by atoms with E-state index in [4.69, 9.17) is 11.6 Å². The van der Waals surface area contributed by atoms with E-state index in [1.807, 2.05) is 5.43 Å². The summed E-state index contributed by atoms with van der Waals surface area (Å²) in [5, 5.41) is 3.02. The van der Waals surface area contributed by atoms with Crippen molar-refractivity contribution in [3.05, 3.63) is 0 Å². The summed E-state index contributed by atoms with van der Waals surface area (Å²) in [6, 6.07) is -0.00449. The van der Waals surface area contributed by atoms with Gasteiger partial charge in [0.15, 0.2) is 0 Å². The quantitative estimate of drug-likeness (QED) is 0.324. The van der Waals surface area contributed by atoms with E-state index in [1.54, 1.807) is 0 Å². The van der Waals surface area contributed by atoms with E-state index < -0.39 is 0 Å². The van der Waals surface area contributed by atoms with Crippen LogP contribution in [0.15, 0.2) is 0 Å². The number of hydrogen-bond acceptors (Lipinski definition) is 4. The van der Waals surface area contributed by atoms with E-state index >= 15 is 0 Å². The summed E-state index contributed by atoms with van der Waals surface area (Å²) < 4.78 is 0. The standard InChI is InChI=1S/C16H34N4O2/c1-15(2,3)10-11(9-12(17)16(4,5)6)19-13(21)7-8-14(22)20-18/h11-12H,7-10,17-18H2,1-6H3,(H,19,21)(H,20,22). The van der Waals surface area contributed by atoms with Crippen LogP contribution in [0.4, 0.5) is 0 Å². The van der Waals surface area contributed by atoms with Gasteiger partial charge in [0.1, 0.15) is 0 Å². The minimum absolute atomic E-state index is 0.00247. The molecule has 0 heterocycles. The molecule has 0 aliphatic heterocycles. The summed E-state index contributed by atoms with van der Waals surface area (Å²) in [4.78, 5) is 23.1. The molecule has 0 aliphatic carbocycles. The lowest BCUT2D eigenvalue weighted by molar-refractivity contribution is -0.127. The predicted molar refractivity (Wildman–Crippen MR) is 89.6 cm³/mol. The highest BCUT2D eigenvalue weighted by Crippen LogP contribution is 2.27. The van der Waals surface area contributed by atoms with Crippen LogP contribution < -0.4 is 22.3 Å². The highest BCUT2D eigenvalue weighted by atomic mass is 16.2. The van der Waals surface area contributed by atoms with Gasteiger partial charge < -0.3 is 11.1 Å². The SMILES string of the molecule is CC(C)(C)CC(CC(N)C(C)(C)C)NC(=O)CCC(=O)NN. The van der Waals surface area contributed by atoms with Gasteiger partial charge in [-0.25, -0.2) is 5.84 Å². The van der Waals surface area contributed by atoms with Crippen LogP contribution in [-0.4, -0.2) is 23.9 Å². The molecule has 130 valence electrons. The van der Waals surface area contributed by atoms with E-state index in [2.05, 4.69) is 46.9 Å². The number of amides is 2. The second kappa shape index (κ2) is 8.48. The van der Waals surface area contributed by atoms with Crippen LogP contribution in [0.25, 0.3) is 0 Å². The molecule has 6 nitrogen and oxygen atoms in total. The average Bonchev–Trinajstić information content (AvgIpc) is 2.32. The van der Waals surface area contributed by atoms with Crippen molar-refractivity contribution < 1.29 is 9.59 Å². The Morgan fingerprint density at radius 3 is 1.91 bits per heavy atom. The molecular formula is C16H34N4O2. The van der Waals surface area contributed by atoms with Crippen LogP contribution in [0.2, 0.25) is 0 Å². The van der Waals surface area contributed by atoms with Gasteiger partial charge in [0.05, 0.1) is 0 Å². The van der Waals surface area contributed by atoms with Gasteiger partial charge in [0.25, 0.3) is 0 Å². The Bertz CT molecular complexity index is 369. The molecule has 22 heavy (non-hydrogen) atoms. The summed E-state index contributed by atoms with van der Waals surface area (Å²) in [6.07, 6.45) is 1.78. The Morgan fingerprint density at radius 2 is 1.50 bits per heavy atom. The molecule has 0 spiro atoms. The maximum absolute atomic E-state index is 12.0. The van der Waals surface area contributed by atoms with Crippen molar-refractivity contribution >= 4 is 11.8 Å². The summed E-state index contributed by atoms with van der Waals surface area (Å²) in [5.74, 6) is 4.53. The zero-order valence-electron chi connectivity index (χ0n) is 15.0. The summed E-state index contributed by atoms with van der Waals surface area (Å²) in [5.41, 5.74) is 8.36. The molecule has 0 aromatic carbocycles. The van der Waals surface area contributed by atoms with Crippen LogP contribution in [0, 0.1) is 10.8 Å². The normalized spacial score (nSPS) is 15.1. The third-order valence-electron chi connectivity index (χ3n) is 3.61. The monoisotopic (exact) mass is 314 g/mol. The molecule has 0 fully saturated rings. The van der Waals surface area contributed by atoms with Gasteiger partial charge in [0.2, 0.25) is 11.8 Å². The van der Waals surface area contributed by atoms with E-state index in [0.717, 1.165) is 12.8 Å². The maximum Gasteiger partial charge on any atom is 0.234 e. The van der Waals surface area contributed by atoms with Crippen LogP contribution in [0.5, 0.6) is 0 Å². The van der Waals surface area contributed by atoms with Crippen LogP contribution in [0.3, 0.4) is 0 Å². The number of hydrazine groups is 1. The van der Waals surface area contributed by atoms with E-state index in [-0.39, 0.29) is 47.6 Å². The van der Waals surface area contributed by atoms with E-state index in [9.17, 15) is 9.59 Å². The lowest BCUT2D eigenvalue weighted by atomic mass is 9.79. The summed E-state index contributed by atoms with van der Waals surface area (Å²) >= 11 is 0. The molecule has 0 aromatic heterocycles. The average molecular weight is 314 g/mol. The van der Waals surface area contributed by atoms with Gasteiger partial charge in [-0.15, -0.1) is 0 Å². The number of nitrogens with two attached hydrogens (primary N) is 2. The first kappa shape index (κ1) is 20.9. The minimum atomic E-state index is -0.339. The molecule has 6 N–H and O–H groups in total. The van der Waals surface area contributed by atoms with Gasteiger partial charge >= 0.3 is 0 Å². The number of carbonyl (C=O) groups excluding carboxylic acids is 2. The molecule has 0 radical (unpaired) electrons. The second-order valence-corrected chi connectivity index (χ2v) is 8.30. The van der Waals surface area contributed by atoms with Crippen molar-refractivity contribution in [3.8, 4) is 0 Å². The Kier molecular flexibility index (Phi) is 8.04. The molecule has 6 heteroatoms. The Hall–Kier alpha value is -1.14. The third-order valence-corrected chi connectivity index (χ3v) is 3.61. The van der Waals surface area contributed by atoms with E-state index in [1.165, 1.54) is 0 Å². The fraction of sp³-hybridized carbons (Fsp3) is 0.875. The Morgan fingerprint density at radius 1 is 1.00 bits per heavy atom.